The van der Waals surface area contributed by atoms with Gasteiger partial charge < -0.3 is 25.8 Å². The molecule has 4 aromatic rings. The van der Waals surface area contributed by atoms with E-state index in [2.05, 4.69) is 61.2 Å². The zero-order valence-corrected chi connectivity index (χ0v) is 28.0. The molecule has 2 atom stereocenters. The Hall–Kier alpha value is -4.48. The van der Waals surface area contributed by atoms with Gasteiger partial charge in [-0.05, 0) is 44.4 Å². The van der Waals surface area contributed by atoms with E-state index in [1.807, 2.05) is 19.9 Å². The van der Waals surface area contributed by atoms with Crippen LogP contribution in [0, 0.1) is 24.0 Å². The number of allylic oxidation sites excluding steroid dienone is 1. The maximum Gasteiger partial charge on any atom is 0.203 e. The fourth-order valence-corrected chi connectivity index (χ4v) is 6.31. The molecule has 0 unspecified atom stereocenters. The monoisotopic (exact) mass is 644 g/mol. The Morgan fingerprint density at radius 1 is 1.00 bits per heavy atom. The van der Waals surface area contributed by atoms with Crippen LogP contribution in [0.15, 0.2) is 71.7 Å². The van der Waals surface area contributed by atoms with Crippen LogP contribution in [0.1, 0.15) is 82.7 Å². The van der Waals surface area contributed by atoms with Gasteiger partial charge >= 0.3 is 0 Å². The molecule has 250 valence electrons. The van der Waals surface area contributed by atoms with Crippen molar-refractivity contribution in [1.29, 1.82) is 0 Å². The van der Waals surface area contributed by atoms with E-state index in [-0.39, 0.29) is 29.0 Å². The number of fused-ring (bicyclic) bond motifs is 9. The molecule has 3 aliphatic rings. The highest BCUT2D eigenvalue weighted by Crippen LogP contribution is 2.43. The Labute approximate surface area is 275 Å². The van der Waals surface area contributed by atoms with Crippen LogP contribution in [0.4, 0.5) is 8.78 Å². The molecule has 9 nitrogen and oxygen atoms in total. The molecule has 2 aromatic carbocycles. The summed E-state index contributed by atoms with van der Waals surface area (Å²) in [7, 11) is 0. The number of halogens is 2. The SMILES string of the molecule is CC.Cc1cccc([C@@]2(C)CCCCC(C)(C)/C(N)=C/N(N)Cc3c(c(F)c(F)c4[nH]ccc34)Oc3ccnc(c3)C3=N[C@]2(N)N3)c1. The van der Waals surface area contributed by atoms with Crippen molar-refractivity contribution in [2.24, 2.45) is 27.7 Å². The number of pyridine rings is 1. The average Bonchev–Trinajstić information content (AvgIpc) is 3.53. The predicted molar refractivity (Wildman–Crippen MR) is 183 cm³/mol. The molecule has 4 bridgehead atoms. The van der Waals surface area contributed by atoms with Crippen LogP contribution in [0.25, 0.3) is 10.9 Å². The number of aromatic nitrogens is 2. The number of nitrogens with zero attached hydrogens (tertiary/aromatic N) is 3. The summed E-state index contributed by atoms with van der Waals surface area (Å²) in [5.41, 5.74) is 16.3. The summed E-state index contributed by atoms with van der Waals surface area (Å²) in [6.07, 6.45) is 8.05. The van der Waals surface area contributed by atoms with E-state index in [0.717, 1.165) is 36.8 Å². The number of nitrogens with two attached hydrogens (primary N) is 3. The lowest BCUT2D eigenvalue weighted by Gasteiger charge is -2.50. The van der Waals surface area contributed by atoms with Gasteiger partial charge in [-0.2, -0.15) is 4.39 Å². The second-order valence-electron chi connectivity index (χ2n) is 13.1. The fraction of sp³-hybridized carbons (Fsp3) is 0.389. The summed E-state index contributed by atoms with van der Waals surface area (Å²) in [5.74, 6) is 3.61. The number of hydrogen-bond donors (Lipinski definition) is 5. The molecule has 7 rings (SSSR count). The Bertz CT molecular complexity index is 1830. The third kappa shape index (κ3) is 6.29. The van der Waals surface area contributed by atoms with E-state index < -0.39 is 22.8 Å². The molecule has 2 aromatic heterocycles. The van der Waals surface area contributed by atoms with Gasteiger partial charge in [0.1, 0.15) is 11.4 Å². The van der Waals surface area contributed by atoms with E-state index in [0.29, 0.717) is 28.2 Å². The number of amidine groups is 1. The largest absolute Gasteiger partial charge is 0.454 e. The molecule has 5 heterocycles. The van der Waals surface area contributed by atoms with Gasteiger partial charge in [0.2, 0.25) is 5.82 Å². The topological polar surface area (TPSA) is 144 Å². The van der Waals surface area contributed by atoms with Crippen LogP contribution in [0.5, 0.6) is 11.5 Å². The minimum atomic E-state index is -1.14. The highest BCUT2D eigenvalue weighted by Gasteiger charge is 2.52. The lowest BCUT2D eigenvalue weighted by molar-refractivity contribution is 0.177. The molecular weight excluding hydrogens is 598 g/mol. The van der Waals surface area contributed by atoms with Gasteiger partial charge in [-0.1, -0.05) is 70.4 Å². The molecule has 0 aliphatic carbocycles. The maximum atomic E-state index is 15.6. The standard InChI is InChI=1S/C34H40F2N8O.C2H6/c1-20-8-7-9-21(16-20)33(4)13-6-5-12-32(2,3)26(37)19-44(39)18-24-23-11-15-41-29(23)27(35)28(36)30(24)45-22-10-14-40-25(17-22)31-42-34(33,38)43-31;1-2/h7-11,14-17,19,41H,5-6,12-13,18,37-39H2,1-4H3,(H,42,43);1-2H3/b26-19-;/t33-;/m1./s1. The number of rotatable bonds is 1. The number of aryl methyl sites for hydroxylation is 1. The van der Waals surface area contributed by atoms with Gasteiger partial charge in [-0.3, -0.25) is 10.7 Å². The molecule has 11 heteroatoms. The van der Waals surface area contributed by atoms with Gasteiger partial charge in [0, 0.05) is 46.7 Å². The summed E-state index contributed by atoms with van der Waals surface area (Å²) < 4.78 is 36.9. The second-order valence-corrected chi connectivity index (χ2v) is 13.1. The third-order valence-electron chi connectivity index (χ3n) is 9.40. The Kier molecular flexibility index (Phi) is 9.34. The number of aromatic amines is 1. The summed E-state index contributed by atoms with van der Waals surface area (Å²) in [6, 6.07) is 13.2. The first kappa shape index (κ1) is 33.9. The Morgan fingerprint density at radius 3 is 2.45 bits per heavy atom. The molecule has 0 fully saturated rings. The number of ether oxygens (including phenoxy) is 1. The third-order valence-corrected chi connectivity index (χ3v) is 9.40. The molecule has 0 spiro atoms. The predicted octanol–water partition coefficient (Wildman–Crippen LogP) is 6.96. The van der Waals surface area contributed by atoms with Crippen LogP contribution < -0.4 is 27.4 Å². The summed E-state index contributed by atoms with van der Waals surface area (Å²) in [5, 5.41) is 5.22. The highest BCUT2D eigenvalue weighted by molar-refractivity contribution is 6.01. The van der Waals surface area contributed by atoms with Crippen molar-refractivity contribution in [1.82, 2.24) is 20.3 Å². The lowest BCUT2D eigenvalue weighted by Crippen LogP contribution is -2.72. The molecule has 0 saturated carbocycles. The quantitative estimate of drug-likeness (QED) is 0.141. The second kappa shape index (κ2) is 13.0. The van der Waals surface area contributed by atoms with Crippen molar-refractivity contribution in [2.45, 2.75) is 85.0 Å². The van der Waals surface area contributed by atoms with Crippen molar-refractivity contribution in [3.63, 3.8) is 0 Å². The Balaban J connectivity index is 0.00000213. The first-order chi connectivity index (χ1) is 22.3. The van der Waals surface area contributed by atoms with Crippen molar-refractivity contribution >= 4 is 16.7 Å². The molecule has 0 radical (unpaired) electrons. The van der Waals surface area contributed by atoms with Crippen LogP contribution in [0.2, 0.25) is 0 Å². The average molecular weight is 645 g/mol. The van der Waals surface area contributed by atoms with Gasteiger partial charge in [0.25, 0.3) is 0 Å². The molecule has 0 saturated heterocycles. The summed E-state index contributed by atoms with van der Waals surface area (Å²) in [4.78, 5) is 12.1. The van der Waals surface area contributed by atoms with Gasteiger partial charge in [-0.15, -0.1) is 0 Å². The van der Waals surface area contributed by atoms with Crippen LogP contribution in [0.3, 0.4) is 0 Å². The summed E-state index contributed by atoms with van der Waals surface area (Å²) in [6.45, 7) is 12.3. The maximum absolute atomic E-state index is 15.6. The van der Waals surface area contributed by atoms with E-state index >= 15 is 8.78 Å². The van der Waals surface area contributed by atoms with E-state index in [4.69, 9.17) is 27.0 Å². The summed E-state index contributed by atoms with van der Waals surface area (Å²) >= 11 is 0. The van der Waals surface area contributed by atoms with Gasteiger partial charge in [-0.25, -0.2) is 15.2 Å². The zero-order chi connectivity index (χ0) is 34.1. The molecule has 47 heavy (non-hydrogen) atoms. The molecule has 3 aliphatic heterocycles. The number of hydrazine groups is 1. The molecule has 8 N–H and O–H groups in total. The van der Waals surface area contributed by atoms with Gasteiger partial charge in [0.15, 0.2) is 23.2 Å². The van der Waals surface area contributed by atoms with E-state index in [1.165, 1.54) is 11.2 Å². The van der Waals surface area contributed by atoms with Crippen LogP contribution in [-0.4, -0.2) is 26.6 Å². The normalized spacial score (nSPS) is 23.9. The number of H-pyrrole nitrogens is 1. The van der Waals surface area contributed by atoms with Crippen molar-refractivity contribution in [2.75, 3.05) is 0 Å². The van der Waals surface area contributed by atoms with Crippen molar-refractivity contribution in [3.8, 4) is 11.5 Å². The van der Waals surface area contributed by atoms with Gasteiger partial charge in [0.05, 0.1) is 17.5 Å². The van der Waals surface area contributed by atoms with E-state index in [9.17, 15) is 0 Å². The fourth-order valence-electron chi connectivity index (χ4n) is 6.31. The number of nitrogens with one attached hydrogen (secondary N) is 2. The number of hydrogen-bond acceptors (Lipinski definition) is 8. The van der Waals surface area contributed by atoms with Crippen molar-refractivity contribution in [3.05, 3.63) is 101 Å². The minimum absolute atomic E-state index is 0.00835. The smallest absolute Gasteiger partial charge is 0.203 e. The first-order valence-electron chi connectivity index (χ1n) is 16.2. The number of aliphatic imine (C=N–C) groups is 1. The van der Waals surface area contributed by atoms with Crippen molar-refractivity contribution < 1.29 is 13.5 Å². The molecule has 0 amide bonds. The zero-order valence-electron chi connectivity index (χ0n) is 28.0. The first-order valence-corrected chi connectivity index (χ1v) is 16.2. The Morgan fingerprint density at radius 2 is 1.72 bits per heavy atom. The van der Waals surface area contributed by atoms with E-state index in [1.54, 1.807) is 30.6 Å². The van der Waals surface area contributed by atoms with Crippen LogP contribution in [-0.2, 0) is 12.0 Å². The minimum Gasteiger partial charge on any atom is -0.454 e. The molecular formula is C36H46F2N8O. The highest BCUT2D eigenvalue weighted by atomic mass is 19.2. The lowest BCUT2D eigenvalue weighted by atomic mass is 9.70. The van der Waals surface area contributed by atoms with Crippen LogP contribution >= 0.6 is 0 Å². The number of benzene rings is 2.